The van der Waals surface area contributed by atoms with Crippen molar-refractivity contribution >= 4 is 17.4 Å². The van der Waals surface area contributed by atoms with Crippen LogP contribution in [0.1, 0.15) is 57.9 Å². The van der Waals surface area contributed by atoms with Crippen LogP contribution in [0.4, 0.5) is 5.82 Å². The van der Waals surface area contributed by atoms with E-state index >= 15 is 0 Å². The lowest BCUT2D eigenvalue weighted by molar-refractivity contribution is -0.160. The number of carboxylic acid groups (broad SMARTS) is 1. The smallest absolute Gasteiger partial charge is 0.337 e. The van der Waals surface area contributed by atoms with Gasteiger partial charge in [0.25, 0.3) is 0 Å². The van der Waals surface area contributed by atoms with Crippen molar-refractivity contribution in [2.45, 2.75) is 59.2 Å². The van der Waals surface area contributed by atoms with Crippen molar-refractivity contribution in [2.75, 3.05) is 18.0 Å². The normalized spacial score (nSPS) is 16.5. The van der Waals surface area contributed by atoms with Crippen molar-refractivity contribution in [1.82, 2.24) is 14.6 Å². The molecule has 0 bridgehead atoms. The molecule has 1 aliphatic rings. The molecule has 32 heavy (non-hydrogen) atoms. The number of benzene rings is 1. The SMILES string of the molecule is Cc1nc2cc(-c3ccccc3)nn2c(N2CCC(C)CC2)c1C(OC(C)(C)C)C(=O)O. The van der Waals surface area contributed by atoms with Gasteiger partial charge in [0.05, 0.1) is 16.9 Å². The summed E-state index contributed by atoms with van der Waals surface area (Å²) in [4.78, 5) is 19.4. The summed E-state index contributed by atoms with van der Waals surface area (Å²) >= 11 is 0. The van der Waals surface area contributed by atoms with E-state index in [1.807, 2.05) is 68.6 Å². The zero-order valence-electron chi connectivity index (χ0n) is 19.5. The van der Waals surface area contributed by atoms with Crippen molar-refractivity contribution in [1.29, 1.82) is 0 Å². The van der Waals surface area contributed by atoms with Crippen LogP contribution in [0.2, 0.25) is 0 Å². The summed E-state index contributed by atoms with van der Waals surface area (Å²) in [6.45, 7) is 11.4. The van der Waals surface area contributed by atoms with Crippen LogP contribution in [0.3, 0.4) is 0 Å². The lowest BCUT2D eigenvalue weighted by Gasteiger charge is -2.35. The van der Waals surface area contributed by atoms with E-state index in [1.165, 1.54) is 0 Å². The molecular formula is C25H32N4O3. The summed E-state index contributed by atoms with van der Waals surface area (Å²) in [6, 6.07) is 11.9. The second-order valence-corrected chi connectivity index (χ2v) is 9.72. The number of hydrogen-bond acceptors (Lipinski definition) is 5. The van der Waals surface area contributed by atoms with Gasteiger partial charge in [0.2, 0.25) is 0 Å². The highest BCUT2D eigenvalue weighted by atomic mass is 16.5. The molecule has 3 heterocycles. The monoisotopic (exact) mass is 436 g/mol. The average molecular weight is 437 g/mol. The zero-order chi connectivity index (χ0) is 23.0. The van der Waals surface area contributed by atoms with E-state index in [4.69, 9.17) is 14.8 Å². The van der Waals surface area contributed by atoms with Gasteiger partial charge in [-0.05, 0) is 46.5 Å². The fourth-order valence-corrected chi connectivity index (χ4v) is 4.28. The van der Waals surface area contributed by atoms with E-state index in [0.717, 1.165) is 43.0 Å². The minimum absolute atomic E-state index is 0.581. The summed E-state index contributed by atoms with van der Waals surface area (Å²) in [7, 11) is 0. The predicted molar refractivity (Wildman–Crippen MR) is 125 cm³/mol. The van der Waals surface area contributed by atoms with Gasteiger partial charge in [0.1, 0.15) is 5.82 Å². The Bertz CT molecular complexity index is 1110. The maximum Gasteiger partial charge on any atom is 0.337 e. The first-order chi connectivity index (χ1) is 15.1. The molecule has 1 aliphatic heterocycles. The number of anilines is 1. The Labute approximate surface area is 189 Å². The summed E-state index contributed by atoms with van der Waals surface area (Å²) in [5, 5.41) is 15.0. The molecule has 0 saturated carbocycles. The maximum atomic E-state index is 12.4. The number of carboxylic acids is 1. The second kappa shape index (κ2) is 8.54. The first-order valence-electron chi connectivity index (χ1n) is 11.3. The summed E-state index contributed by atoms with van der Waals surface area (Å²) in [5.74, 6) is 0.399. The fourth-order valence-electron chi connectivity index (χ4n) is 4.28. The largest absolute Gasteiger partial charge is 0.479 e. The molecule has 7 heteroatoms. The Balaban J connectivity index is 1.94. The van der Waals surface area contributed by atoms with Gasteiger partial charge in [-0.2, -0.15) is 9.61 Å². The molecule has 1 saturated heterocycles. The molecule has 2 aromatic heterocycles. The van der Waals surface area contributed by atoms with Crippen LogP contribution in [0, 0.1) is 12.8 Å². The Morgan fingerprint density at radius 3 is 2.44 bits per heavy atom. The quantitative estimate of drug-likeness (QED) is 0.614. The minimum atomic E-state index is -1.13. The van der Waals surface area contributed by atoms with Gasteiger partial charge in [0.15, 0.2) is 11.8 Å². The fraction of sp³-hybridized carbons (Fsp3) is 0.480. The van der Waals surface area contributed by atoms with Crippen LogP contribution < -0.4 is 4.90 Å². The number of nitrogens with zero attached hydrogens (tertiary/aromatic N) is 4. The van der Waals surface area contributed by atoms with Gasteiger partial charge >= 0.3 is 5.97 Å². The Hall–Kier alpha value is -2.93. The highest BCUT2D eigenvalue weighted by Crippen LogP contribution is 2.37. The number of hydrogen-bond donors (Lipinski definition) is 1. The number of carbonyl (C=O) groups is 1. The lowest BCUT2D eigenvalue weighted by Crippen LogP contribution is -2.37. The van der Waals surface area contributed by atoms with Crippen molar-refractivity contribution in [3.8, 4) is 11.3 Å². The summed E-state index contributed by atoms with van der Waals surface area (Å²) in [6.07, 6.45) is 0.964. The molecule has 0 aliphatic carbocycles. The third-order valence-corrected chi connectivity index (χ3v) is 5.91. The van der Waals surface area contributed by atoms with E-state index in [9.17, 15) is 9.90 Å². The Morgan fingerprint density at radius 1 is 1.19 bits per heavy atom. The van der Waals surface area contributed by atoms with Gasteiger partial charge in [-0.1, -0.05) is 37.3 Å². The van der Waals surface area contributed by atoms with Crippen molar-refractivity contribution in [2.24, 2.45) is 5.92 Å². The van der Waals surface area contributed by atoms with Crippen molar-refractivity contribution in [3.63, 3.8) is 0 Å². The molecule has 1 N–H and O–H groups in total. The number of aromatic nitrogens is 3. The topological polar surface area (TPSA) is 80.0 Å². The summed E-state index contributed by atoms with van der Waals surface area (Å²) in [5.41, 5.74) is 3.12. The van der Waals surface area contributed by atoms with Crippen molar-refractivity contribution in [3.05, 3.63) is 47.7 Å². The van der Waals surface area contributed by atoms with Crippen LogP contribution in [-0.4, -0.2) is 44.4 Å². The standard InChI is InChI=1S/C25H32N4O3/c1-16-11-13-28(14-12-16)23-21(22(24(30)31)32-25(3,4)5)17(2)26-20-15-19(27-29(20)23)18-9-7-6-8-10-18/h6-10,15-16,22H,11-14H2,1-5H3,(H,30,31). The maximum absolute atomic E-state index is 12.4. The highest BCUT2D eigenvalue weighted by molar-refractivity contribution is 5.79. The first kappa shape index (κ1) is 22.3. The van der Waals surface area contributed by atoms with E-state index in [-0.39, 0.29) is 0 Å². The second-order valence-electron chi connectivity index (χ2n) is 9.72. The van der Waals surface area contributed by atoms with Crippen molar-refractivity contribution < 1.29 is 14.6 Å². The number of ether oxygens (including phenoxy) is 1. The third-order valence-electron chi connectivity index (χ3n) is 5.91. The first-order valence-corrected chi connectivity index (χ1v) is 11.3. The van der Waals surface area contributed by atoms with E-state index in [0.29, 0.717) is 22.8 Å². The summed E-state index contributed by atoms with van der Waals surface area (Å²) < 4.78 is 7.86. The molecule has 0 radical (unpaired) electrons. The number of piperidine rings is 1. The van der Waals surface area contributed by atoms with Gasteiger partial charge in [-0.15, -0.1) is 0 Å². The minimum Gasteiger partial charge on any atom is -0.479 e. The van der Waals surface area contributed by atoms with Gasteiger partial charge in [-0.3, -0.25) is 0 Å². The van der Waals surface area contributed by atoms with E-state index in [1.54, 1.807) is 0 Å². The number of aliphatic carboxylic acids is 1. The number of rotatable bonds is 5. The lowest BCUT2D eigenvalue weighted by atomic mass is 9.98. The van der Waals surface area contributed by atoms with Crippen LogP contribution in [0.5, 0.6) is 0 Å². The molecule has 1 aromatic carbocycles. The Morgan fingerprint density at radius 2 is 1.84 bits per heavy atom. The van der Waals surface area contributed by atoms with Crippen LogP contribution in [0.25, 0.3) is 16.9 Å². The molecule has 1 unspecified atom stereocenters. The average Bonchev–Trinajstić information content (AvgIpc) is 3.15. The molecule has 3 aromatic rings. The van der Waals surface area contributed by atoms with Gasteiger partial charge in [0, 0.05) is 30.4 Å². The van der Waals surface area contributed by atoms with E-state index in [2.05, 4.69) is 11.8 Å². The molecule has 4 rings (SSSR count). The molecule has 170 valence electrons. The van der Waals surface area contributed by atoms with Crippen LogP contribution in [-0.2, 0) is 9.53 Å². The molecule has 0 amide bonds. The molecule has 1 fully saturated rings. The number of aryl methyl sites for hydroxylation is 1. The van der Waals surface area contributed by atoms with Crippen LogP contribution in [0.15, 0.2) is 36.4 Å². The van der Waals surface area contributed by atoms with Gasteiger partial charge < -0.3 is 14.7 Å². The molecular weight excluding hydrogens is 404 g/mol. The van der Waals surface area contributed by atoms with E-state index < -0.39 is 17.7 Å². The highest BCUT2D eigenvalue weighted by Gasteiger charge is 2.35. The third kappa shape index (κ3) is 4.48. The molecule has 1 atom stereocenters. The predicted octanol–water partition coefficient (Wildman–Crippen LogP) is 4.88. The molecule has 7 nitrogen and oxygen atoms in total. The number of fused-ring (bicyclic) bond motifs is 1. The Kier molecular flexibility index (Phi) is 5.95. The van der Waals surface area contributed by atoms with Gasteiger partial charge in [-0.25, -0.2) is 9.78 Å². The molecule has 0 spiro atoms. The van der Waals surface area contributed by atoms with Crippen LogP contribution >= 0.6 is 0 Å². The zero-order valence-corrected chi connectivity index (χ0v) is 19.5.